The van der Waals surface area contributed by atoms with Crippen LogP contribution in [-0.4, -0.2) is 56.8 Å². The highest BCUT2D eigenvalue weighted by atomic mass is 35.5. The molecule has 0 bridgehead atoms. The van der Waals surface area contributed by atoms with Crippen molar-refractivity contribution in [1.82, 2.24) is 10.2 Å². The molecule has 124 valence electrons. The Morgan fingerprint density at radius 3 is 2.82 bits per heavy atom. The van der Waals surface area contributed by atoms with Crippen molar-refractivity contribution in [1.29, 1.82) is 0 Å². The molecular weight excluding hydrogens is 304 g/mol. The zero-order valence-electron chi connectivity index (χ0n) is 13.0. The summed E-state index contributed by atoms with van der Waals surface area (Å²) in [5.41, 5.74) is 0. The number of carbonyl (C=O) groups excluding carboxylic acids is 1. The Morgan fingerprint density at radius 2 is 2.09 bits per heavy atom. The number of nitrogens with one attached hydrogen (secondary N) is 1. The van der Waals surface area contributed by atoms with Gasteiger partial charge < -0.3 is 19.7 Å². The molecule has 6 heteroatoms. The number of piperidine rings is 1. The molecule has 5 nitrogen and oxygen atoms in total. The van der Waals surface area contributed by atoms with Crippen LogP contribution in [0.2, 0.25) is 0 Å². The maximum atomic E-state index is 12.0. The van der Waals surface area contributed by atoms with Gasteiger partial charge in [-0.3, -0.25) is 4.79 Å². The molecule has 0 aliphatic carbocycles. The van der Waals surface area contributed by atoms with E-state index in [1.165, 1.54) is 0 Å². The van der Waals surface area contributed by atoms with Crippen LogP contribution >= 0.6 is 12.4 Å². The molecule has 0 saturated carbocycles. The molecule has 1 aliphatic rings. The first-order chi connectivity index (χ1) is 10.3. The van der Waals surface area contributed by atoms with Crippen LogP contribution < -0.4 is 10.1 Å². The van der Waals surface area contributed by atoms with Gasteiger partial charge in [0.1, 0.15) is 19.0 Å². The summed E-state index contributed by atoms with van der Waals surface area (Å²) in [6.07, 6.45) is 2.18. The molecule has 1 amide bonds. The van der Waals surface area contributed by atoms with Crippen LogP contribution in [0.1, 0.15) is 12.8 Å². The van der Waals surface area contributed by atoms with Crippen LogP contribution in [0.25, 0.3) is 0 Å². The number of amides is 1. The summed E-state index contributed by atoms with van der Waals surface area (Å²) in [6.45, 7) is 2.62. The zero-order chi connectivity index (χ0) is 14.9. The van der Waals surface area contributed by atoms with E-state index in [9.17, 15) is 4.79 Å². The first-order valence-corrected chi connectivity index (χ1v) is 7.50. The number of para-hydroxylation sites is 1. The second-order valence-corrected chi connectivity index (χ2v) is 5.18. The van der Waals surface area contributed by atoms with Gasteiger partial charge in [-0.05, 0) is 32.0 Å². The Hall–Kier alpha value is -1.30. The second kappa shape index (κ2) is 10.4. The van der Waals surface area contributed by atoms with E-state index < -0.39 is 0 Å². The minimum atomic E-state index is 0. The number of likely N-dealkylation sites (N-methyl/N-ethyl adjacent to an activating group) is 1. The van der Waals surface area contributed by atoms with Gasteiger partial charge in [-0.25, -0.2) is 0 Å². The molecular formula is C16H25ClN2O3. The first kappa shape index (κ1) is 18.7. The van der Waals surface area contributed by atoms with Gasteiger partial charge in [-0.2, -0.15) is 0 Å². The maximum Gasteiger partial charge on any atom is 0.248 e. The lowest BCUT2D eigenvalue weighted by atomic mass is 10.1. The van der Waals surface area contributed by atoms with Crippen molar-refractivity contribution in [2.75, 3.05) is 40.0 Å². The fraction of sp³-hybridized carbons (Fsp3) is 0.562. The zero-order valence-corrected chi connectivity index (χ0v) is 13.8. The van der Waals surface area contributed by atoms with Gasteiger partial charge in [0.05, 0.1) is 6.61 Å². The first-order valence-electron chi connectivity index (χ1n) is 7.50. The number of rotatable bonds is 7. The molecule has 0 radical (unpaired) electrons. The number of benzene rings is 1. The van der Waals surface area contributed by atoms with Crippen molar-refractivity contribution in [2.45, 2.75) is 18.9 Å². The highest BCUT2D eigenvalue weighted by Gasteiger charge is 2.22. The van der Waals surface area contributed by atoms with E-state index in [4.69, 9.17) is 9.47 Å². The van der Waals surface area contributed by atoms with Crippen LogP contribution in [-0.2, 0) is 9.53 Å². The summed E-state index contributed by atoms with van der Waals surface area (Å²) in [4.78, 5) is 13.9. The van der Waals surface area contributed by atoms with Gasteiger partial charge >= 0.3 is 0 Å². The maximum absolute atomic E-state index is 12.0. The molecule has 1 fully saturated rings. The normalized spacial score (nSPS) is 17.7. The molecule has 22 heavy (non-hydrogen) atoms. The predicted molar refractivity (Wildman–Crippen MR) is 88.7 cm³/mol. The van der Waals surface area contributed by atoms with E-state index in [1.807, 2.05) is 42.3 Å². The number of carbonyl (C=O) groups is 1. The minimum absolute atomic E-state index is 0. The summed E-state index contributed by atoms with van der Waals surface area (Å²) >= 11 is 0. The fourth-order valence-electron chi connectivity index (χ4n) is 2.43. The van der Waals surface area contributed by atoms with E-state index in [2.05, 4.69) is 5.32 Å². The third-order valence-corrected chi connectivity index (χ3v) is 3.65. The van der Waals surface area contributed by atoms with E-state index in [1.54, 1.807) is 0 Å². The number of ether oxygens (including phenoxy) is 2. The van der Waals surface area contributed by atoms with Crippen LogP contribution in [0, 0.1) is 0 Å². The fourth-order valence-corrected chi connectivity index (χ4v) is 2.43. The molecule has 1 unspecified atom stereocenters. The average molecular weight is 329 g/mol. The lowest BCUT2D eigenvalue weighted by molar-refractivity contribution is -0.137. The van der Waals surface area contributed by atoms with Crippen molar-refractivity contribution < 1.29 is 14.3 Å². The van der Waals surface area contributed by atoms with E-state index in [0.29, 0.717) is 19.3 Å². The number of hydrogen-bond donors (Lipinski definition) is 1. The largest absolute Gasteiger partial charge is 0.491 e. The number of likely N-dealkylation sites (tertiary alicyclic amines) is 1. The molecule has 1 N–H and O–H groups in total. The quantitative estimate of drug-likeness (QED) is 0.774. The molecule has 1 aromatic rings. The highest BCUT2D eigenvalue weighted by molar-refractivity contribution is 5.85. The average Bonchev–Trinajstić information content (AvgIpc) is 2.55. The Bertz CT molecular complexity index is 431. The number of hydrogen-bond acceptors (Lipinski definition) is 4. The monoisotopic (exact) mass is 328 g/mol. The molecule has 0 aromatic heterocycles. The van der Waals surface area contributed by atoms with Crippen molar-refractivity contribution >= 4 is 18.3 Å². The molecule has 1 atom stereocenters. The molecule has 1 aliphatic heterocycles. The van der Waals surface area contributed by atoms with Gasteiger partial charge in [-0.1, -0.05) is 18.2 Å². The van der Waals surface area contributed by atoms with Gasteiger partial charge in [-0.15, -0.1) is 12.4 Å². The lowest BCUT2D eigenvalue weighted by Crippen LogP contribution is -2.48. The van der Waals surface area contributed by atoms with Gasteiger partial charge in [0.15, 0.2) is 0 Å². The third-order valence-electron chi connectivity index (χ3n) is 3.65. The second-order valence-electron chi connectivity index (χ2n) is 5.18. The van der Waals surface area contributed by atoms with Crippen molar-refractivity contribution in [3.8, 4) is 5.75 Å². The number of halogens is 1. The predicted octanol–water partition coefficient (Wildman–Crippen LogP) is 1.71. The molecule has 1 saturated heterocycles. The highest BCUT2D eigenvalue weighted by Crippen LogP contribution is 2.10. The van der Waals surface area contributed by atoms with Crippen LogP contribution in [0.5, 0.6) is 5.75 Å². The molecule has 2 rings (SSSR count). The summed E-state index contributed by atoms with van der Waals surface area (Å²) in [7, 11) is 1.94. The smallest absolute Gasteiger partial charge is 0.248 e. The minimum Gasteiger partial charge on any atom is -0.491 e. The van der Waals surface area contributed by atoms with Crippen molar-refractivity contribution in [2.24, 2.45) is 0 Å². The topological polar surface area (TPSA) is 50.8 Å². The third kappa shape index (κ3) is 6.22. The van der Waals surface area contributed by atoms with Gasteiger partial charge in [0.25, 0.3) is 0 Å². The summed E-state index contributed by atoms with van der Waals surface area (Å²) in [6, 6.07) is 10.00. The van der Waals surface area contributed by atoms with Crippen molar-refractivity contribution in [3.63, 3.8) is 0 Å². The Labute approximate surface area is 138 Å². The van der Waals surface area contributed by atoms with E-state index in [-0.39, 0.29) is 24.9 Å². The SMILES string of the molecule is CNC1CCCN(C(=O)COCCOc2ccccc2)C1.Cl. The van der Waals surface area contributed by atoms with Gasteiger partial charge in [0.2, 0.25) is 5.91 Å². The summed E-state index contributed by atoms with van der Waals surface area (Å²) in [5, 5.41) is 3.23. The van der Waals surface area contributed by atoms with E-state index >= 15 is 0 Å². The van der Waals surface area contributed by atoms with Crippen LogP contribution in [0.3, 0.4) is 0 Å². The Kier molecular flexibility index (Phi) is 8.89. The summed E-state index contributed by atoms with van der Waals surface area (Å²) in [5.74, 6) is 0.884. The lowest BCUT2D eigenvalue weighted by Gasteiger charge is -2.32. The number of nitrogens with zero attached hydrogens (tertiary/aromatic N) is 1. The van der Waals surface area contributed by atoms with Crippen molar-refractivity contribution in [3.05, 3.63) is 30.3 Å². The van der Waals surface area contributed by atoms with Crippen LogP contribution in [0.4, 0.5) is 0 Å². The Morgan fingerprint density at radius 1 is 1.32 bits per heavy atom. The summed E-state index contributed by atoms with van der Waals surface area (Å²) < 4.78 is 10.9. The molecule has 0 spiro atoms. The molecule has 1 aromatic carbocycles. The van der Waals surface area contributed by atoms with E-state index in [0.717, 1.165) is 31.7 Å². The van der Waals surface area contributed by atoms with Gasteiger partial charge in [0, 0.05) is 19.1 Å². The standard InChI is InChI=1S/C16H24N2O3.ClH/c1-17-14-6-5-9-18(12-14)16(19)13-20-10-11-21-15-7-3-2-4-8-15;/h2-4,7-8,14,17H,5-6,9-13H2,1H3;1H. The molecule has 1 heterocycles. The van der Waals surface area contributed by atoms with Crippen LogP contribution in [0.15, 0.2) is 30.3 Å². The Balaban J connectivity index is 0.00000242.